The molecule has 5 nitrogen and oxygen atoms in total. The second kappa shape index (κ2) is 9.08. The lowest BCUT2D eigenvalue weighted by molar-refractivity contribution is 0.121. The van der Waals surface area contributed by atoms with Crippen LogP contribution in [0, 0.1) is 5.82 Å². The van der Waals surface area contributed by atoms with Gasteiger partial charge in [-0.1, -0.05) is 19.1 Å². The lowest BCUT2D eigenvalue weighted by atomic mass is 10.1. The van der Waals surface area contributed by atoms with Gasteiger partial charge >= 0.3 is 0 Å². The molecular formula is C22H26FN3O2. The van der Waals surface area contributed by atoms with Gasteiger partial charge in [-0.2, -0.15) is 0 Å². The smallest absolute Gasteiger partial charge is 0.266 e. The molecule has 28 heavy (non-hydrogen) atoms. The van der Waals surface area contributed by atoms with Gasteiger partial charge in [-0.05, 0) is 56.3 Å². The molecule has 0 saturated heterocycles. The van der Waals surface area contributed by atoms with Gasteiger partial charge in [0.05, 0.1) is 29.2 Å². The average molecular weight is 383 g/mol. The molecule has 3 aromatic rings. The SMILES string of the molecule is CCCN(CCOC)C(C)c1nc2ccccc2c(=O)n1-c1ccc(F)cc1. The number of aromatic nitrogens is 2. The number of hydrogen-bond donors (Lipinski definition) is 0. The van der Waals surface area contributed by atoms with Crippen LogP contribution < -0.4 is 5.56 Å². The molecule has 2 aromatic carbocycles. The van der Waals surface area contributed by atoms with E-state index in [1.165, 1.54) is 12.1 Å². The van der Waals surface area contributed by atoms with Crippen molar-refractivity contribution >= 4 is 10.9 Å². The summed E-state index contributed by atoms with van der Waals surface area (Å²) in [5.74, 6) is 0.299. The fourth-order valence-electron chi connectivity index (χ4n) is 3.43. The molecule has 148 valence electrons. The average Bonchev–Trinajstić information content (AvgIpc) is 2.71. The maximum absolute atomic E-state index is 13.5. The van der Waals surface area contributed by atoms with Gasteiger partial charge in [-0.3, -0.25) is 14.3 Å². The maximum atomic E-state index is 13.5. The van der Waals surface area contributed by atoms with Crippen molar-refractivity contribution in [3.63, 3.8) is 0 Å². The highest BCUT2D eigenvalue weighted by Crippen LogP contribution is 2.23. The predicted octanol–water partition coefficient (Wildman–Crippen LogP) is 3.94. The number of rotatable bonds is 8. The third kappa shape index (κ3) is 4.13. The molecule has 0 aliphatic rings. The van der Waals surface area contributed by atoms with Crippen molar-refractivity contribution in [1.82, 2.24) is 14.5 Å². The molecule has 0 bridgehead atoms. The first-order valence-corrected chi connectivity index (χ1v) is 9.57. The molecule has 0 aliphatic heterocycles. The Labute approximate surface area is 164 Å². The molecule has 0 N–H and O–H groups in total. The fourth-order valence-corrected chi connectivity index (χ4v) is 3.43. The molecule has 0 radical (unpaired) electrons. The van der Waals surface area contributed by atoms with Crippen LogP contribution in [0.3, 0.4) is 0 Å². The molecule has 1 atom stereocenters. The summed E-state index contributed by atoms with van der Waals surface area (Å²) >= 11 is 0. The topological polar surface area (TPSA) is 47.4 Å². The molecule has 0 fully saturated rings. The number of para-hydroxylation sites is 1. The van der Waals surface area contributed by atoms with Crippen LogP contribution in [0.25, 0.3) is 16.6 Å². The van der Waals surface area contributed by atoms with Gasteiger partial charge in [-0.15, -0.1) is 0 Å². The van der Waals surface area contributed by atoms with Crippen LogP contribution in [0.5, 0.6) is 0 Å². The molecule has 1 aromatic heterocycles. The Kier molecular flexibility index (Phi) is 6.54. The molecule has 0 saturated carbocycles. The molecule has 1 heterocycles. The van der Waals surface area contributed by atoms with Crippen molar-refractivity contribution in [1.29, 1.82) is 0 Å². The van der Waals surface area contributed by atoms with Gasteiger partial charge in [-0.25, -0.2) is 9.37 Å². The van der Waals surface area contributed by atoms with Crippen LogP contribution in [0.2, 0.25) is 0 Å². The van der Waals surface area contributed by atoms with Crippen molar-refractivity contribution < 1.29 is 9.13 Å². The van der Waals surface area contributed by atoms with Gasteiger partial charge in [0.1, 0.15) is 11.6 Å². The minimum Gasteiger partial charge on any atom is -0.383 e. The van der Waals surface area contributed by atoms with Crippen LogP contribution in [0.4, 0.5) is 4.39 Å². The van der Waals surface area contributed by atoms with Crippen molar-refractivity contribution in [2.24, 2.45) is 0 Å². The summed E-state index contributed by atoms with van der Waals surface area (Å²) in [6.45, 7) is 6.35. The molecule has 0 amide bonds. The van der Waals surface area contributed by atoms with Gasteiger partial charge < -0.3 is 4.74 Å². The normalized spacial score (nSPS) is 12.6. The lowest BCUT2D eigenvalue weighted by Gasteiger charge is -2.30. The van der Waals surface area contributed by atoms with Crippen LogP contribution in [0.1, 0.15) is 32.1 Å². The van der Waals surface area contributed by atoms with Crippen LogP contribution in [-0.4, -0.2) is 41.3 Å². The molecule has 0 spiro atoms. The van der Waals surface area contributed by atoms with Crippen LogP contribution >= 0.6 is 0 Å². The van der Waals surface area contributed by atoms with Gasteiger partial charge in [0.15, 0.2) is 0 Å². The highest BCUT2D eigenvalue weighted by molar-refractivity contribution is 5.77. The first kappa shape index (κ1) is 20.2. The van der Waals surface area contributed by atoms with E-state index in [-0.39, 0.29) is 17.4 Å². The van der Waals surface area contributed by atoms with E-state index in [9.17, 15) is 9.18 Å². The fraction of sp³-hybridized carbons (Fsp3) is 0.364. The minimum atomic E-state index is -0.340. The second-order valence-electron chi connectivity index (χ2n) is 6.81. The summed E-state index contributed by atoms with van der Waals surface area (Å²) in [4.78, 5) is 20.4. The van der Waals surface area contributed by atoms with E-state index in [1.54, 1.807) is 29.9 Å². The number of hydrogen-bond acceptors (Lipinski definition) is 4. The number of benzene rings is 2. The largest absolute Gasteiger partial charge is 0.383 e. The molecule has 1 unspecified atom stereocenters. The first-order chi connectivity index (χ1) is 13.6. The summed E-state index contributed by atoms with van der Waals surface area (Å²) in [6.07, 6.45) is 0.975. The Morgan fingerprint density at radius 3 is 2.54 bits per heavy atom. The zero-order valence-corrected chi connectivity index (χ0v) is 16.6. The monoisotopic (exact) mass is 383 g/mol. The lowest BCUT2D eigenvalue weighted by Crippen LogP contribution is -2.35. The quantitative estimate of drug-likeness (QED) is 0.591. The Morgan fingerprint density at radius 1 is 1.14 bits per heavy atom. The number of nitrogens with zero attached hydrogens (tertiary/aromatic N) is 3. The summed E-state index contributed by atoms with van der Waals surface area (Å²) in [5.41, 5.74) is 1.12. The third-order valence-corrected chi connectivity index (χ3v) is 4.90. The Bertz CT molecular complexity index is 985. The van der Waals surface area contributed by atoms with E-state index in [2.05, 4.69) is 11.8 Å². The summed E-state index contributed by atoms with van der Waals surface area (Å²) in [5, 5.41) is 0.543. The second-order valence-corrected chi connectivity index (χ2v) is 6.81. The highest BCUT2D eigenvalue weighted by atomic mass is 19.1. The van der Waals surface area contributed by atoms with Crippen molar-refractivity contribution in [2.45, 2.75) is 26.3 Å². The summed E-state index contributed by atoms with van der Waals surface area (Å²) in [7, 11) is 1.68. The predicted molar refractivity (Wildman–Crippen MR) is 109 cm³/mol. The summed E-state index contributed by atoms with van der Waals surface area (Å²) in [6, 6.07) is 13.2. The molecule has 6 heteroatoms. The van der Waals surface area contributed by atoms with E-state index in [1.807, 2.05) is 25.1 Å². The van der Waals surface area contributed by atoms with Crippen LogP contribution in [-0.2, 0) is 4.74 Å². The number of halogens is 1. The van der Waals surface area contributed by atoms with Crippen molar-refractivity contribution in [3.05, 3.63) is 70.5 Å². The van der Waals surface area contributed by atoms with Gasteiger partial charge in [0, 0.05) is 13.7 Å². The number of fused-ring (bicyclic) bond motifs is 1. The maximum Gasteiger partial charge on any atom is 0.266 e. The standard InChI is InChI=1S/C22H26FN3O2/c1-4-13-25(14-15-28-3)16(2)21-24-20-8-6-5-7-19(20)22(27)26(21)18-11-9-17(23)10-12-18/h5-12,16H,4,13-15H2,1-3H3. The zero-order chi connectivity index (χ0) is 20.1. The third-order valence-electron chi connectivity index (χ3n) is 4.90. The number of methoxy groups -OCH3 is 1. The zero-order valence-electron chi connectivity index (χ0n) is 16.6. The molecular weight excluding hydrogens is 357 g/mol. The minimum absolute atomic E-state index is 0.113. The van der Waals surface area contributed by atoms with E-state index >= 15 is 0 Å². The van der Waals surface area contributed by atoms with Gasteiger partial charge in [0.25, 0.3) is 5.56 Å². The van der Waals surface area contributed by atoms with Crippen LogP contribution in [0.15, 0.2) is 53.3 Å². The highest BCUT2D eigenvalue weighted by Gasteiger charge is 2.22. The van der Waals surface area contributed by atoms with Crippen molar-refractivity contribution in [3.8, 4) is 5.69 Å². The summed E-state index contributed by atoms with van der Waals surface area (Å²) < 4.78 is 20.3. The van der Waals surface area contributed by atoms with E-state index < -0.39 is 0 Å². The Balaban J connectivity index is 2.20. The van der Waals surface area contributed by atoms with E-state index in [0.717, 1.165) is 19.5 Å². The van der Waals surface area contributed by atoms with Gasteiger partial charge in [0.2, 0.25) is 0 Å². The Morgan fingerprint density at radius 2 is 1.86 bits per heavy atom. The van der Waals surface area contributed by atoms with E-state index in [0.29, 0.717) is 29.0 Å². The van der Waals surface area contributed by atoms with Crippen molar-refractivity contribution in [2.75, 3.05) is 26.8 Å². The Hall–Kier alpha value is -2.57. The molecule has 3 rings (SSSR count). The number of ether oxygens (including phenoxy) is 1. The molecule has 0 aliphatic carbocycles. The van der Waals surface area contributed by atoms with E-state index in [4.69, 9.17) is 9.72 Å². The first-order valence-electron chi connectivity index (χ1n) is 9.57.